The minimum atomic E-state index is 0.0279. The Bertz CT molecular complexity index is 214. The molecule has 5 heteroatoms. The normalized spacial score (nSPS) is 30.2. The minimum Gasteiger partial charge on any atom is -0.376 e. The lowest BCUT2D eigenvalue weighted by molar-refractivity contribution is -0.165. The van der Waals surface area contributed by atoms with E-state index >= 15 is 0 Å². The summed E-state index contributed by atoms with van der Waals surface area (Å²) in [5.41, 5.74) is 5.63. The highest BCUT2D eigenvalue weighted by Crippen LogP contribution is 2.12. The molecule has 4 atom stereocenters. The van der Waals surface area contributed by atoms with Crippen molar-refractivity contribution in [1.29, 1.82) is 0 Å². The van der Waals surface area contributed by atoms with Crippen LogP contribution in [0.3, 0.4) is 0 Å². The third-order valence-corrected chi connectivity index (χ3v) is 2.94. The first-order chi connectivity index (χ1) is 8.00. The molecular weight excluding hydrogens is 220 g/mol. The van der Waals surface area contributed by atoms with E-state index in [0.717, 1.165) is 6.61 Å². The molecule has 0 saturated carbocycles. The molecule has 0 aromatic heterocycles. The lowest BCUT2D eigenvalue weighted by atomic mass is 10.2. The molecule has 17 heavy (non-hydrogen) atoms. The highest BCUT2D eigenvalue weighted by molar-refractivity contribution is 4.71. The molecule has 2 N–H and O–H groups in total. The molecule has 0 bridgehead atoms. The van der Waals surface area contributed by atoms with Gasteiger partial charge in [0.2, 0.25) is 0 Å². The van der Waals surface area contributed by atoms with Gasteiger partial charge in [0.15, 0.2) is 0 Å². The van der Waals surface area contributed by atoms with Crippen LogP contribution in [0.5, 0.6) is 0 Å². The Balaban J connectivity index is 2.20. The zero-order valence-electron chi connectivity index (χ0n) is 11.4. The van der Waals surface area contributed by atoms with Crippen LogP contribution in [0.15, 0.2) is 0 Å². The fourth-order valence-corrected chi connectivity index (χ4v) is 1.63. The van der Waals surface area contributed by atoms with Crippen LogP contribution >= 0.6 is 0 Å². The van der Waals surface area contributed by atoms with Gasteiger partial charge in [0.25, 0.3) is 0 Å². The quantitative estimate of drug-likeness (QED) is 0.736. The Labute approximate surface area is 104 Å². The fourth-order valence-electron chi connectivity index (χ4n) is 1.63. The Morgan fingerprint density at radius 2 is 2.06 bits per heavy atom. The second kappa shape index (κ2) is 7.28. The van der Waals surface area contributed by atoms with Gasteiger partial charge < -0.3 is 19.9 Å². The van der Waals surface area contributed by atoms with E-state index in [1.165, 1.54) is 0 Å². The molecule has 1 aliphatic heterocycles. The van der Waals surface area contributed by atoms with Gasteiger partial charge in [-0.15, -0.1) is 0 Å². The number of likely N-dealkylation sites (N-methyl/N-ethyl adjacent to an activating group) is 1. The summed E-state index contributed by atoms with van der Waals surface area (Å²) in [6, 6.07) is 0.465. The highest BCUT2D eigenvalue weighted by atomic mass is 16.6. The van der Waals surface area contributed by atoms with Crippen molar-refractivity contribution in [2.75, 3.05) is 33.5 Å². The molecule has 102 valence electrons. The maximum atomic E-state index is 5.79. The summed E-state index contributed by atoms with van der Waals surface area (Å²) < 4.78 is 16.8. The van der Waals surface area contributed by atoms with Crippen molar-refractivity contribution < 1.29 is 14.2 Å². The second-order valence-electron chi connectivity index (χ2n) is 4.96. The van der Waals surface area contributed by atoms with Gasteiger partial charge in [-0.2, -0.15) is 0 Å². The molecule has 0 spiro atoms. The monoisotopic (exact) mass is 246 g/mol. The van der Waals surface area contributed by atoms with E-state index in [1.807, 2.05) is 13.8 Å². The fraction of sp³-hybridized carbons (Fsp3) is 1.00. The molecule has 1 saturated heterocycles. The van der Waals surface area contributed by atoms with Gasteiger partial charge in [0.1, 0.15) is 6.23 Å². The summed E-state index contributed by atoms with van der Waals surface area (Å²) in [5.74, 6) is 0. The summed E-state index contributed by atoms with van der Waals surface area (Å²) in [5, 5.41) is 0. The molecule has 1 aliphatic rings. The van der Waals surface area contributed by atoms with Crippen LogP contribution in [0.25, 0.3) is 0 Å². The Kier molecular flexibility index (Phi) is 6.37. The van der Waals surface area contributed by atoms with Crippen molar-refractivity contribution in [3.05, 3.63) is 0 Å². The molecular formula is C12H26N2O3. The molecule has 0 aliphatic carbocycles. The molecule has 0 radical (unpaired) electrons. The van der Waals surface area contributed by atoms with Crippen molar-refractivity contribution in [3.63, 3.8) is 0 Å². The molecule has 0 aromatic carbocycles. The van der Waals surface area contributed by atoms with Gasteiger partial charge in [-0.25, -0.2) is 0 Å². The number of hydrogen-bond donors (Lipinski definition) is 1. The topological polar surface area (TPSA) is 57.0 Å². The maximum absolute atomic E-state index is 5.79. The zero-order valence-corrected chi connectivity index (χ0v) is 11.4. The zero-order chi connectivity index (χ0) is 12.8. The molecule has 1 heterocycles. The Morgan fingerprint density at radius 3 is 2.71 bits per heavy atom. The number of nitrogens with two attached hydrogens (primary N) is 1. The van der Waals surface area contributed by atoms with E-state index in [9.17, 15) is 0 Å². The highest BCUT2D eigenvalue weighted by Gasteiger charge is 2.26. The number of nitrogens with zero attached hydrogens (tertiary/aromatic N) is 1. The summed E-state index contributed by atoms with van der Waals surface area (Å²) in [6.45, 7) is 8.59. The van der Waals surface area contributed by atoms with Crippen LogP contribution in [0.1, 0.15) is 20.8 Å². The van der Waals surface area contributed by atoms with Crippen LogP contribution in [0, 0.1) is 0 Å². The van der Waals surface area contributed by atoms with Crippen molar-refractivity contribution in [2.24, 2.45) is 5.73 Å². The molecule has 5 nitrogen and oxygen atoms in total. The largest absolute Gasteiger partial charge is 0.376 e. The summed E-state index contributed by atoms with van der Waals surface area (Å²) >= 11 is 0. The standard InChI is InChI=1S/C12H26N2O3/c1-9(13)5-16-11(3)7-17-12-8-15-6-10(2)14(12)4/h9-12H,5-8,13H2,1-4H3. The van der Waals surface area contributed by atoms with E-state index in [4.69, 9.17) is 19.9 Å². The first kappa shape index (κ1) is 14.9. The van der Waals surface area contributed by atoms with Crippen LogP contribution in [0.4, 0.5) is 0 Å². The maximum Gasteiger partial charge on any atom is 0.134 e. The first-order valence-corrected chi connectivity index (χ1v) is 6.29. The van der Waals surface area contributed by atoms with Crippen LogP contribution < -0.4 is 5.73 Å². The predicted octanol–water partition coefficient (Wildman–Crippen LogP) is 0.432. The molecule has 1 rings (SSSR count). The van der Waals surface area contributed by atoms with Gasteiger partial charge in [-0.1, -0.05) is 0 Å². The van der Waals surface area contributed by atoms with Gasteiger partial charge in [0.05, 0.1) is 32.5 Å². The van der Waals surface area contributed by atoms with Crippen LogP contribution in [-0.2, 0) is 14.2 Å². The number of rotatable bonds is 6. The Morgan fingerprint density at radius 1 is 1.35 bits per heavy atom. The van der Waals surface area contributed by atoms with Crippen molar-refractivity contribution in [3.8, 4) is 0 Å². The van der Waals surface area contributed by atoms with Gasteiger partial charge >= 0.3 is 0 Å². The number of hydrogen-bond acceptors (Lipinski definition) is 5. The predicted molar refractivity (Wildman–Crippen MR) is 66.8 cm³/mol. The van der Waals surface area contributed by atoms with E-state index in [1.54, 1.807) is 0 Å². The van der Waals surface area contributed by atoms with E-state index in [-0.39, 0.29) is 18.4 Å². The average molecular weight is 246 g/mol. The van der Waals surface area contributed by atoms with Crippen molar-refractivity contribution >= 4 is 0 Å². The van der Waals surface area contributed by atoms with Gasteiger partial charge in [0, 0.05) is 12.1 Å². The van der Waals surface area contributed by atoms with E-state index < -0.39 is 0 Å². The summed E-state index contributed by atoms with van der Waals surface area (Å²) in [6.07, 6.45) is 0.0896. The SMILES string of the molecule is CC(N)COC(C)COC1COCC(C)N1C. The third-order valence-electron chi connectivity index (χ3n) is 2.94. The average Bonchev–Trinajstić information content (AvgIpc) is 2.28. The van der Waals surface area contributed by atoms with Gasteiger partial charge in [-0.3, -0.25) is 4.90 Å². The van der Waals surface area contributed by atoms with Crippen molar-refractivity contribution in [2.45, 2.75) is 45.2 Å². The van der Waals surface area contributed by atoms with Crippen LogP contribution in [0.2, 0.25) is 0 Å². The summed E-state index contributed by atoms with van der Waals surface area (Å²) in [7, 11) is 2.06. The smallest absolute Gasteiger partial charge is 0.134 e. The molecule has 1 fully saturated rings. The second-order valence-corrected chi connectivity index (χ2v) is 4.96. The lowest BCUT2D eigenvalue weighted by Crippen LogP contribution is -2.50. The number of ether oxygens (including phenoxy) is 3. The van der Waals surface area contributed by atoms with E-state index in [2.05, 4.69) is 18.9 Å². The molecule has 0 amide bonds. The minimum absolute atomic E-state index is 0.0279. The molecule has 4 unspecified atom stereocenters. The van der Waals surface area contributed by atoms with E-state index in [0.29, 0.717) is 25.9 Å². The molecule has 0 aromatic rings. The van der Waals surface area contributed by atoms with Crippen molar-refractivity contribution in [1.82, 2.24) is 4.90 Å². The first-order valence-electron chi connectivity index (χ1n) is 6.29. The van der Waals surface area contributed by atoms with Gasteiger partial charge in [-0.05, 0) is 27.8 Å². The third kappa shape index (κ3) is 5.31. The summed E-state index contributed by atoms with van der Waals surface area (Å²) in [4.78, 5) is 2.20. The Hall–Kier alpha value is -0.200. The lowest BCUT2D eigenvalue weighted by Gasteiger charge is -2.37. The van der Waals surface area contributed by atoms with Crippen LogP contribution in [-0.4, -0.2) is 62.8 Å². The number of morpholine rings is 1.